The molecule has 0 aliphatic carbocycles. The SMILES string of the molecule is Cc1cc(NC(=O)N2CC(C(=O)O)C2)c(Cl)cc1F. The van der Waals surface area contributed by atoms with Crippen LogP contribution in [0.2, 0.25) is 5.02 Å². The lowest BCUT2D eigenvalue weighted by atomic mass is 10.0. The van der Waals surface area contributed by atoms with E-state index >= 15 is 0 Å². The maximum Gasteiger partial charge on any atom is 0.321 e. The minimum absolute atomic E-state index is 0.103. The van der Waals surface area contributed by atoms with Crippen molar-refractivity contribution in [3.63, 3.8) is 0 Å². The zero-order valence-corrected chi connectivity index (χ0v) is 10.9. The topological polar surface area (TPSA) is 69.6 Å². The van der Waals surface area contributed by atoms with Gasteiger partial charge in [-0.2, -0.15) is 0 Å². The Bertz CT molecular complexity index is 544. The van der Waals surface area contributed by atoms with Crippen LogP contribution in [-0.2, 0) is 4.79 Å². The summed E-state index contributed by atoms with van der Waals surface area (Å²) in [5.41, 5.74) is 0.677. The van der Waals surface area contributed by atoms with Crippen molar-refractivity contribution < 1.29 is 19.1 Å². The molecule has 2 N–H and O–H groups in total. The van der Waals surface area contributed by atoms with Gasteiger partial charge in [-0.05, 0) is 24.6 Å². The molecule has 102 valence electrons. The predicted molar refractivity (Wildman–Crippen MR) is 67.9 cm³/mol. The molecule has 1 aromatic carbocycles. The highest BCUT2D eigenvalue weighted by Gasteiger charge is 2.35. The molecule has 0 aromatic heterocycles. The fourth-order valence-electron chi connectivity index (χ4n) is 1.75. The van der Waals surface area contributed by atoms with Gasteiger partial charge >= 0.3 is 12.0 Å². The van der Waals surface area contributed by atoms with E-state index in [9.17, 15) is 14.0 Å². The van der Waals surface area contributed by atoms with Crippen molar-refractivity contribution in [2.24, 2.45) is 5.92 Å². The smallest absolute Gasteiger partial charge is 0.321 e. The Morgan fingerprint density at radius 2 is 2.11 bits per heavy atom. The van der Waals surface area contributed by atoms with Crippen LogP contribution in [0.15, 0.2) is 12.1 Å². The minimum atomic E-state index is -0.917. The molecule has 2 rings (SSSR count). The Hall–Kier alpha value is -1.82. The second-order valence-corrected chi connectivity index (χ2v) is 4.86. The van der Waals surface area contributed by atoms with Gasteiger partial charge in [0.1, 0.15) is 5.82 Å². The van der Waals surface area contributed by atoms with Crippen LogP contribution in [0.25, 0.3) is 0 Å². The van der Waals surface area contributed by atoms with E-state index in [0.29, 0.717) is 11.3 Å². The van der Waals surface area contributed by atoms with Crippen molar-refractivity contribution in [3.8, 4) is 0 Å². The third-order valence-electron chi connectivity index (χ3n) is 3.01. The van der Waals surface area contributed by atoms with Crippen molar-refractivity contribution >= 4 is 29.3 Å². The number of aliphatic carboxylic acids is 1. The van der Waals surface area contributed by atoms with E-state index in [-0.39, 0.29) is 18.1 Å². The number of anilines is 1. The van der Waals surface area contributed by atoms with Gasteiger partial charge in [0.15, 0.2) is 0 Å². The first-order valence-electron chi connectivity index (χ1n) is 5.63. The van der Waals surface area contributed by atoms with E-state index in [1.54, 1.807) is 6.92 Å². The van der Waals surface area contributed by atoms with Crippen LogP contribution in [0.3, 0.4) is 0 Å². The van der Waals surface area contributed by atoms with E-state index < -0.39 is 23.7 Å². The number of urea groups is 1. The van der Waals surface area contributed by atoms with Crippen LogP contribution < -0.4 is 5.32 Å². The molecule has 7 heteroatoms. The number of carbonyl (C=O) groups excluding carboxylic acids is 1. The van der Waals surface area contributed by atoms with Crippen LogP contribution >= 0.6 is 11.6 Å². The first-order valence-corrected chi connectivity index (χ1v) is 6.00. The summed E-state index contributed by atoms with van der Waals surface area (Å²) in [5, 5.41) is 11.4. The quantitative estimate of drug-likeness (QED) is 0.877. The highest BCUT2D eigenvalue weighted by Crippen LogP contribution is 2.26. The number of carbonyl (C=O) groups is 2. The molecule has 0 atom stereocenters. The lowest BCUT2D eigenvalue weighted by molar-refractivity contribution is -0.145. The Balaban J connectivity index is 2.01. The summed E-state index contributed by atoms with van der Waals surface area (Å²) < 4.78 is 13.2. The van der Waals surface area contributed by atoms with Crippen molar-refractivity contribution in [2.75, 3.05) is 18.4 Å². The Morgan fingerprint density at radius 3 is 2.68 bits per heavy atom. The van der Waals surface area contributed by atoms with Gasteiger partial charge in [0.2, 0.25) is 0 Å². The number of rotatable bonds is 2. The lowest BCUT2D eigenvalue weighted by Crippen LogP contribution is -2.54. The zero-order chi connectivity index (χ0) is 14.2. The molecule has 2 amide bonds. The van der Waals surface area contributed by atoms with Gasteiger partial charge in [0.05, 0.1) is 16.6 Å². The number of nitrogens with one attached hydrogen (secondary N) is 1. The Kier molecular flexibility index (Phi) is 3.61. The van der Waals surface area contributed by atoms with Crippen LogP contribution in [0.5, 0.6) is 0 Å². The molecule has 19 heavy (non-hydrogen) atoms. The summed E-state index contributed by atoms with van der Waals surface area (Å²) in [6.45, 7) is 1.89. The summed E-state index contributed by atoms with van der Waals surface area (Å²) in [7, 11) is 0. The van der Waals surface area contributed by atoms with Crippen molar-refractivity contribution in [1.82, 2.24) is 4.90 Å². The van der Waals surface area contributed by atoms with E-state index in [4.69, 9.17) is 16.7 Å². The molecule has 1 heterocycles. The molecule has 1 aliphatic rings. The van der Waals surface area contributed by atoms with E-state index in [2.05, 4.69) is 5.32 Å². The Labute approximate surface area is 114 Å². The molecule has 5 nitrogen and oxygen atoms in total. The van der Waals surface area contributed by atoms with Crippen molar-refractivity contribution in [3.05, 3.63) is 28.5 Å². The molecule has 0 unspecified atom stereocenters. The number of halogens is 2. The molecule has 0 saturated carbocycles. The van der Waals surface area contributed by atoms with Gasteiger partial charge in [-0.15, -0.1) is 0 Å². The van der Waals surface area contributed by atoms with E-state index in [1.165, 1.54) is 11.0 Å². The average Bonchev–Trinajstić information content (AvgIpc) is 2.23. The van der Waals surface area contributed by atoms with Gasteiger partial charge < -0.3 is 15.3 Å². The molecular formula is C12H12ClFN2O3. The maximum atomic E-state index is 13.2. The van der Waals surface area contributed by atoms with E-state index in [1.807, 2.05) is 0 Å². The highest BCUT2D eigenvalue weighted by atomic mass is 35.5. The van der Waals surface area contributed by atoms with Gasteiger partial charge in [0, 0.05) is 13.1 Å². The fourth-order valence-corrected chi connectivity index (χ4v) is 1.95. The second kappa shape index (κ2) is 5.05. The molecular weight excluding hydrogens is 275 g/mol. The highest BCUT2D eigenvalue weighted by molar-refractivity contribution is 6.33. The molecule has 1 aromatic rings. The number of carboxylic acid groups (broad SMARTS) is 1. The predicted octanol–water partition coefficient (Wildman–Crippen LogP) is 2.34. The van der Waals surface area contributed by atoms with Crippen LogP contribution in [-0.4, -0.2) is 35.1 Å². The summed E-state index contributed by atoms with van der Waals surface area (Å²) in [4.78, 5) is 23.8. The lowest BCUT2D eigenvalue weighted by Gasteiger charge is -2.36. The molecule has 0 bridgehead atoms. The molecule has 1 saturated heterocycles. The largest absolute Gasteiger partial charge is 0.481 e. The number of hydrogen-bond donors (Lipinski definition) is 2. The molecule has 1 fully saturated rings. The number of carboxylic acids is 1. The number of hydrogen-bond acceptors (Lipinski definition) is 2. The van der Waals surface area contributed by atoms with Gasteiger partial charge in [0.25, 0.3) is 0 Å². The minimum Gasteiger partial charge on any atom is -0.481 e. The van der Waals surface area contributed by atoms with Crippen LogP contribution in [0.4, 0.5) is 14.9 Å². The van der Waals surface area contributed by atoms with Crippen molar-refractivity contribution in [1.29, 1.82) is 0 Å². The molecule has 0 spiro atoms. The summed E-state index contributed by atoms with van der Waals surface area (Å²) >= 11 is 5.82. The summed E-state index contributed by atoms with van der Waals surface area (Å²) in [6.07, 6.45) is 0. The first kappa shape index (κ1) is 13.6. The Morgan fingerprint density at radius 1 is 1.47 bits per heavy atom. The van der Waals surface area contributed by atoms with Gasteiger partial charge in [-0.25, -0.2) is 9.18 Å². The van der Waals surface area contributed by atoms with Gasteiger partial charge in [-0.3, -0.25) is 4.79 Å². The average molecular weight is 287 g/mol. The first-order chi connectivity index (χ1) is 8.88. The maximum absolute atomic E-state index is 13.2. The third kappa shape index (κ3) is 2.78. The van der Waals surface area contributed by atoms with Gasteiger partial charge in [-0.1, -0.05) is 11.6 Å². The monoisotopic (exact) mass is 286 g/mol. The number of likely N-dealkylation sites (tertiary alicyclic amines) is 1. The normalized spacial score (nSPS) is 15.0. The number of aryl methyl sites for hydroxylation is 1. The zero-order valence-electron chi connectivity index (χ0n) is 10.1. The third-order valence-corrected chi connectivity index (χ3v) is 3.32. The second-order valence-electron chi connectivity index (χ2n) is 4.45. The number of amides is 2. The summed E-state index contributed by atoms with van der Waals surface area (Å²) in [6, 6.07) is 2.12. The van der Waals surface area contributed by atoms with Crippen molar-refractivity contribution in [2.45, 2.75) is 6.92 Å². The molecule has 0 radical (unpaired) electrons. The summed E-state index contributed by atoms with van der Waals surface area (Å²) in [5.74, 6) is -1.88. The fraction of sp³-hybridized carbons (Fsp3) is 0.333. The standard InChI is InChI=1S/C12H12ClFN2O3/c1-6-2-10(8(13)3-9(6)14)15-12(19)16-4-7(5-16)11(17)18/h2-3,7H,4-5H2,1H3,(H,15,19)(H,17,18). The van der Waals surface area contributed by atoms with E-state index in [0.717, 1.165) is 6.07 Å². The number of nitrogens with zero attached hydrogens (tertiary/aromatic N) is 1. The molecule has 1 aliphatic heterocycles. The van der Waals surface area contributed by atoms with Crippen LogP contribution in [0, 0.1) is 18.7 Å². The number of benzene rings is 1. The van der Waals surface area contributed by atoms with Crippen LogP contribution in [0.1, 0.15) is 5.56 Å².